The molecule has 0 aromatic rings. The van der Waals surface area contributed by atoms with E-state index in [1.54, 1.807) is 4.90 Å². The highest BCUT2D eigenvalue weighted by molar-refractivity contribution is 5.80. The molecule has 0 aromatic carbocycles. The number of carboxylic acids is 1. The van der Waals surface area contributed by atoms with E-state index in [9.17, 15) is 9.59 Å². The van der Waals surface area contributed by atoms with Crippen molar-refractivity contribution < 1.29 is 14.7 Å². The van der Waals surface area contributed by atoms with E-state index in [2.05, 4.69) is 12.2 Å². The number of aliphatic carboxylic acids is 1. The van der Waals surface area contributed by atoms with Gasteiger partial charge in [0.1, 0.15) is 6.54 Å². The Labute approximate surface area is 89.4 Å². The third-order valence-electron chi connectivity index (χ3n) is 2.39. The number of urea groups is 1. The van der Waals surface area contributed by atoms with E-state index in [-0.39, 0.29) is 12.6 Å². The van der Waals surface area contributed by atoms with Crippen LogP contribution in [0, 0.1) is 0 Å². The minimum Gasteiger partial charge on any atom is -0.480 e. The molecule has 1 fully saturated rings. The van der Waals surface area contributed by atoms with Crippen LogP contribution in [0.25, 0.3) is 0 Å². The summed E-state index contributed by atoms with van der Waals surface area (Å²) in [7, 11) is 0. The Bertz CT molecular complexity index is 239. The molecular formula is C10H18N2O3. The van der Waals surface area contributed by atoms with Crippen LogP contribution in [-0.4, -0.2) is 41.1 Å². The summed E-state index contributed by atoms with van der Waals surface area (Å²) in [6, 6.07) is 0.0960. The molecule has 1 aliphatic carbocycles. The summed E-state index contributed by atoms with van der Waals surface area (Å²) in [5, 5.41) is 10.8. The summed E-state index contributed by atoms with van der Waals surface area (Å²) in [4.78, 5) is 23.6. The average molecular weight is 214 g/mol. The second kappa shape index (κ2) is 5.58. The Balaban J connectivity index is 2.33. The Morgan fingerprint density at radius 3 is 2.60 bits per heavy atom. The zero-order chi connectivity index (χ0) is 11.3. The Hall–Kier alpha value is -1.26. The van der Waals surface area contributed by atoms with E-state index in [1.807, 2.05) is 0 Å². The number of unbranched alkanes of at least 4 members (excludes halogenated alkanes) is 1. The molecule has 0 saturated heterocycles. The van der Waals surface area contributed by atoms with Crippen molar-refractivity contribution in [1.82, 2.24) is 10.2 Å². The number of hydrogen-bond acceptors (Lipinski definition) is 2. The number of hydrogen-bond donors (Lipinski definition) is 2. The van der Waals surface area contributed by atoms with Crippen LogP contribution in [0.2, 0.25) is 0 Å². The fourth-order valence-electron chi connectivity index (χ4n) is 1.42. The van der Waals surface area contributed by atoms with Crippen LogP contribution in [0.3, 0.4) is 0 Å². The first-order chi connectivity index (χ1) is 7.15. The standard InChI is InChI=1S/C10H18N2O3/c1-2-3-6-12(8-4-5-8)10(15)11-7-9(13)14/h8H,2-7H2,1H3,(H,11,15)(H,13,14). The minimum atomic E-state index is -1.01. The lowest BCUT2D eigenvalue weighted by atomic mass is 10.3. The molecule has 0 heterocycles. The summed E-state index contributed by atoms with van der Waals surface area (Å²) in [6.45, 7) is 2.50. The SMILES string of the molecule is CCCCN(C(=O)NCC(=O)O)C1CC1. The lowest BCUT2D eigenvalue weighted by molar-refractivity contribution is -0.135. The third-order valence-corrected chi connectivity index (χ3v) is 2.39. The molecule has 2 N–H and O–H groups in total. The van der Waals surface area contributed by atoms with Gasteiger partial charge in [0, 0.05) is 12.6 Å². The third kappa shape index (κ3) is 4.18. The predicted molar refractivity (Wildman–Crippen MR) is 55.7 cm³/mol. The predicted octanol–water partition coefficient (Wildman–Crippen LogP) is 1.05. The Morgan fingerprint density at radius 2 is 2.13 bits per heavy atom. The highest BCUT2D eigenvalue weighted by Gasteiger charge is 2.31. The quantitative estimate of drug-likeness (QED) is 0.694. The molecular weight excluding hydrogens is 196 g/mol. The first-order valence-corrected chi connectivity index (χ1v) is 5.41. The average Bonchev–Trinajstić information content (AvgIpc) is 2.99. The molecule has 0 bridgehead atoms. The van der Waals surface area contributed by atoms with Crippen molar-refractivity contribution in [1.29, 1.82) is 0 Å². The molecule has 86 valence electrons. The van der Waals surface area contributed by atoms with E-state index >= 15 is 0 Å². The van der Waals surface area contributed by atoms with Crippen molar-refractivity contribution in [2.24, 2.45) is 0 Å². The first kappa shape index (κ1) is 11.8. The molecule has 5 heteroatoms. The number of amides is 2. The van der Waals surface area contributed by atoms with Crippen LogP contribution in [0.4, 0.5) is 4.79 Å². The van der Waals surface area contributed by atoms with Crippen molar-refractivity contribution >= 4 is 12.0 Å². The van der Waals surface area contributed by atoms with Gasteiger partial charge in [0.15, 0.2) is 0 Å². The van der Waals surface area contributed by atoms with Crippen molar-refractivity contribution in [3.8, 4) is 0 Å². The summed E-state index contributed by atoms with van der Waals surface area (Å²) >= 11 is 0. The number of carboxylic acid groups (broad SMARTS) is 1. The fourth-order valence-corrected chi connectivity index (χ4v) is 1.42. The Kier molecular flexibility index (Phi) is 4.39. The molecule has 0 aliphatic heterocycles. The van der Waals surface area contributed by atoms with Crippen LogP contribution in [0.15, 0.2) is 0 Å². The second-order valence-electron chi connectivity index (χ2n) is 3.83. The Morgan fingerprint density at radius 1 is 1.47 bits per heavy atom. The van der Waals surface area contributed by atoms with Gasteiger partial charge in [0.2, 0.25) is 0 Å². The van der Waals surface area contributed by atoms with Crippen molar-refractivity contribution in [3.05, 3.63) is 0 Å². The van der Waals surface area contributed by atoms with Crippen molar-refractivity contribution in [3.63, 3.8) is 0 Å². The molecule has 1 saturated carbocycles. The van der Waals surface area contributed by atoms with Crippen LogP contribution in [-0.2, 0) is 4.79 Å². The van der Waals surface area contributed by atoms with Gasteiger partial charge in [-0.3, -0.25) is 4.79 Å². The normalized spacial score (nSPS) is 14.7. The second-order valence-corrected chi connectivity index (χ2v) is 3.83. The van der Waals surface area contributed by atoms with E-state index < -0.39 is 5.97 Å². The molecule has 1 rings (SSSR count). The lowest BCUT2D eigenvalue weighted by Gasteiger charge is -2.22. The maximum Gasteiger partial charge on any atom is 0.323 e. The van der Waals surface area contributed by atoms with Crippen molar-refractivity contribution in [2.45, 2.75) is 38.6 Å². The molecule has 0 aromatic heterocycles. The van der Waals surface area contributed by atoms with Gasteiger partial charge in [0.05, 0.1) is 0 Å². The van der Waals surface area contributed by atoms with Gasteiger partial charge in [-0.05, 0) is 19.3 Å². The molecule has 0 spiro atoms. The minimum absolute atomic E-state index is 0.242. The van der Waals surface area contributed by atoms with E-state index in [0.29, 0.717) is 6.04 Å². The largest absolute Gasteiger partial charge is 0.480 e. The lowest BCUT2D eigenvalue weighted by Crippen LogP contribution is -2.43. The van der Waals surface area contributed by atoms with Gasteiger partial charge < -0.3 is 15.3 Å². The van der Waals surface area contributed by atoms with Gasteiger partial charge in [-0.15, -0.1) is 0 Å². The highest BCUT2D eigenvalue weighted by Crippen LogP contribution is 2.26. The van der Waals surface area contributed by atoms with Gasteiger partial charge in [-0.25, -0.2) is 4.79 Å². The molecule has 0 radical (unpaired) electrons. The summed E-state index contributed by atoms with van der Waals surface area (Å²) in [5.74, 6) is -1.01. The monoisotopic (exact) mass is 214 g/mol. The number of nitrogens with one attached hydrogen (secondary N) is 1. The van der Waals surface area contributed by atoms with E-state index in [4.69, 9.17) is 5.11 Å². The van der Waals surface area contributed by atoms with E-state index in [1.165, 1.54) is 0 Å². The number of carbonyl (C=O) groups is 2. The van der Waals surface area contributed by atoms with Gasteiger partial charge >= 0.3 is 12.0 Å². The summed E-state index contributed by atoms with van der Waals surface area (Å²) < 4.78 is 0. The first-order valence-electron chi connectivity index (χ1n) is 5.41. The molecule has 2 amide bonds. The zero-order valence-electron chi connectivity index (χ0n) is 9.03. The van der Waals surface area contributed by atoms with Crippen LogP contribution in [0.5, 0.6) is 0 Å². The molecule has 0 atom stereocenters. The fraction of sp³-hybridized carbons (Fsp3) is 0.800. The maximum absolute atomic E-state index is 11.6. The van der Waals surface area contributed by atoms with Crippen molar-refractivity contribution in [2.75, 3.05) is 13.1 Å². The number of rotatable bonds is 6. The van der Waals surface area contributed by atoms with Crippen LogP contribution < -0.4 is 5.32 Å². The molecule has 5 nitrogen and oxygen atoms in total. The topological polar surface area (TPSA) is 69.6 Å². The highest BCUT2D eigenvalue weighted by atomic mass is 16.4. The molecule has 15 heavy (non-hydrogen) atoms. The molecule has 1 aliphatic rings. The van der Waals surface area contributed by atoms with Gasteiger partial charge in [0.25, 0.3) is 0 Å². The summed E-state index contributed by atoms with van der Waals surface area (Å²) in [6.07, 6.45) is 4.10. The van der Waals surface area contributed by atoms with Crippen LogP contribution in [0.1, 0.15) is 32.6 Å². The smallest absolute Gasteiger partial charge is 0.323 e. The summed E-state index contributed by atoms with van der Waals surface area (Å²) in [5.41, 5.74) is 0. The number of nitrogens with zero attached hydrogens (tertiary/aromatic N) is 1. The zero-order valence-corrected chi connectivity index (χ0v) is 9.03. The van der Waals surface area contributed by atoms with Gasteiger partial charge in [-0.2, -0.15) is 0 Å². The van der Waals surface area contributed by atoms with E-state index in [0.717, 1.165) is 32.2 Å². The van der Waals surface area contributed by atoms with Gasteiger partial charge in [-0.1, -0.05) is 13.3 Å². The molecule has 0 unspecified atom stereocenters. The maximum atomic E-state index is 11.6. The number of carbonyl (C=O) groups excluding carboxylic acids is 1. The van der Waals surface area contributed by atoms with Crippen LogP contribution >= 0.6 is 0 Å².